The largest absolute Gasteiger partial charge is 0.417 e. The van der Waals surface area contributed by atoms with Crippen LogP contribution in [0.1, 0.15) is 23.5 Å². The third-order valence-corrected chi connectivity index (χ3v) is 8.07. The minimum atomic E-state index is -4.78. The first-order valence-electron chi connectivity index (χ1n) is 9.90. The third kappa shape index (κ3) is 4.35. The van der Waals surface area contributed by atoms with Crippen LogP contribution in [0.5, 0.6) is 0 Å². The zero-order chi connectivity index (χ0) is 23.3. The van der Waals surface area contributed by atoms with E-state index in [0.29, 0.717) is 18.1 Å². The lowest BCUT2D eigenvalue weighted by Crippen LogP contribution is -2.51. The molecule has 1 aliphatic carbocycles. The van der Waals surface area contributed by atoms with E-state index in [1.54, 1.807) is 18.2 Å². The molecule has 1 aliphatic heterocycles. The molecule has 1 amide bonds. The molecule has 1 saturated carbocycles. The Morgan fingerprint density at radius 3 is 2.31 bits per heavy atom. The van der Waals surface area contributed by atoms with Gasteiger partial charge in [0.15, 0.2) is 0 Å². The standard InChI is InChI=1S/C21H19ClF4N2O3S/c22-18-6-5-13(11-17(18)21(24,25)26)32(30,31)28-9-7-27(8-10-28)20(29)16-12-15(16)14-3-1-2-4-19(14)23/h1-6,11,15-16H,7-10,12H2. The van der Waals surface area contributed by atoms with E-state index in [1.165, 1.54) is 11.0 Å². The van der Waals surface area contributed by atoms with E-state index in [1.807, 2.05) is 0 Å². The number of halogens is 5. The van der Waals surface area contributed by atoms with Crippen molar-refractivity contribution in [2.24, 2.45) is 5.92 Å². The van der Waals surface area contributed by atoms with Gasteiger partial charge in [0.1, 0.15) is 5.82 Å². The summed E-state index contributed by atoms with van der Waals surface area (Å²) in [5.74, 6) is -1.06. The summed E-state index contributed by atoms with van der Waals surface area (Å²) in [4.78, 5) is 13.8. The Bertz CT molecular complexity index is 1150. The van der Waals surface area contributed by atoms with Gasteiger partial charge in [-0.05, 0) is 42.2 Å². The molecule has 2 aromatic carbocycles. The van der Waals surface area contributed by atoms with Crippen molar-refractivity contribution >= 4 is 27.5 Å². The van der Waals surface area contributed by atoms with Gasteiger partial charge in [-0.1, -0.05) is 29.8 Å². The van der Waals surface area contributed by atoms with Crippen LogP contribution in [-0.2, 0) is 21.0 Å². The van der Waals surface area contributed by atoms with Gasteiger partial charge in [-0.3, -0.25) is 4.79 Å². The summed E-state index contributed by atoms with van der Waals surface area (Å²) >= 11 is 5.58. The molecule has 2 aromatic rings. The predicted octanol–water partition coefficient (Wildman–Crippen LogP) is 4.13. The van der Waals surface area contributed by atoms with Gasteiger partial charge in [0, 0.05) is 32.1 Å². The number of hydrogen-bond acceptors (Lipinski definition) is 3. The van der Waals surface area contributed by atoms with E-state index in [2.05, 4.69) is 0 Å². The SMILES string of the molecule is O=C(C1CC1c1ccccc1F)N1CCN(S(=O)(=O)c2ccc(Cl)c(C(F)(F)F)c2)CC1. The van der Waals surface area contributed by atoms with Crippen LogP contribution in [0, 0.1) is 11.7 Å². The zero-order valence-corrected chi connectivity index (χ0v) is 18.2. The number of piperazine rings is 1. The van der Waals surface area contributed by atoms with Crippen molar-refractivity contribution < 1.29 is 30.8 Å². The van der Waals surface area contributed by atoms with Crippen molar-refractivity contribution in [3.63, 3.8) is 0 Å². The Morgan fingerprint density at radius 2 is 1.69 bits per heavy atom. The molecule has 11 heteroatoms. The number of carbonyl (C=O) groups excluding carboxylic acids is 1. The van der Waals surface area contributed by atoms with E-state index in [0.717, 1.165) is 16.4 Å². The molecule has 5 nitrogen and oxygen atoms in total. The minimum Gasteiger partial charge on any atom is -0.340 e. The molecule has 1 saturated heterocycles. The molecule has 0 bridgehead atoms. The third-order valence-electron chi connectivity index (χ3n) is 5.84. The summed E-state index contributed by atoms with van der Waals surface area (Å²) in [5, 5.41) is -0.583. The lowest BCUT2D eigenvalue weighted by atomic mass is 10.1. The molecule has 0 N–H and O–H groups in total. The summed E-state index contributed by atoms with van der Waals surface area (Å²) in [6.07, 6.45) is -4.25. The highest BCUT2D eigenvalue weighted by molar-refractivity contribution is 7.89. The number of alkyl halides is 3. The first-order valence-corrected chi connectivity index (χ1v) is 11.7. The van der Waals surface area contributed by atoms with Gasteiger partial charge in [-0.2, -0.15) is 17.5 Å². The van der Waals surface area contributed by atoms with Crippen molar-refractivity contribution in [1.82, 2.24) is 9.21 Å². The van der Waals surface area contributed by atoms with Crippen LogP contribution >= 0.6 is 11.6 Å². The lowest BCUT2D eigenvalue weighted by molar-refractivity contribution is -0.137. The number of nitrogens with zero attached hydrogens (tertiary/aromatic N) is 2. The summed E-state index contributed by atoms with van der Waals surface area (Å²) in [6.45, 7) is 0.126. The average Bonchev–Trinajstić information content (AvgIpc) is 3.53. The van der Waals surface area contributed by atoms with Crippen LogP contribution < -0.4 is 0 Å². The van der Waals surface area contributed by atoms with E-state index in [4.69, 9.17) is 11.6 Å². The molecule has 2 aliphatic rings. The van der Waals surface area contributed by atoms with E-state index in [-0.39, 0.29) is 49.7 Å². The molecule has 2 atom stereocenters. The highest BCUT2D eigenvalue weighted by atomic mass is 35.5. The number of amides is 1. The molecule has 0 spiro atoms. The second-order valence-corrected chi connectivity index (χ2v) is 10.2. The highest BCUT2D eigenvalue weighted by Gasteiger charge is 2.47. The molecule has 0 aromatic heterocycles. The topological polar surface area (TPSA) is 57.7 Å². The molecule has 172 valence electrons. The van der Waals surface area contributed by atoms with Gasteiger partial charge in [-0.25, -0.2) is 12.8 Å². The van der Waals surface area contributed by atoms with Crippen LogP contribution in [0.25, 0.3) is 0 Å². The molecule has 4 rings (SSSR count). The quantitative estimate of drug-likeness (QED) is 0.605. The van der Waals surface area contributed by atoms with Crippen molar-refractivity contribution in [3.05, 3.63) is 64.4 Å². The zero-order valence-electron chi connectivity index (χ0n) is 16.6. The number of sulfonamides is 1. The maximum atomic E-state index is 14.0. The van der Waals surface area contributed by atoms with E-state index >= 15 is 0 Å². The van der Waals surface area contributed by atoms with Crippen LogP contribution in [0.15, 0.2) is 47.4 Å². The van der Waals surface area contributed by atoms with Gasteiger partial charge in [0.25, 0.3) is 0 Å². The molecule has 2 fully saturated rings. The first-order chi connectivity index (χ1) is 15.0. The summed E-state index contributed by atoms with van der Waals surface area (Å²) in [6, 6.07) is 8.76. The molecule has 1 heterocycles. The minimum absolute atomic E-state index is 0.0465. The van der Waals surface area contributed by atoms with Gasteiger partial charge in [0.05, 0.1) is 15.5 Å². The smallest absolute Gasteiger partial charge is 0.340 e. The van der Waals surface area contributed by atoms with Crippen LogP contribution in [-0.4, -0.2) is 49.7 Å². The lowest BCUT2D eigenvalue weighted by Gasteiger charge is -2.34. The average molecular weight is 491 g/mol. The molecular weight excluding hydrogens is 472 g/mol. The van der Waals surface area contributed by atoms with E-state index < -0.39 is 31.7 Å². The Kier molecular flexibility index (Phi) is 5.98. The van der Waals surface area contributed by atoms with E-state index in [9.17, 15) is 30.8 Å². The first kappa shape index (κ1) is 23.0. The van der Waals surface area contributed by atoms with Crippen LogP contribution in [0.4, 0.5) is 17.6 Å². The number of hydrogen-bond donors (Lipinski definition) is 0. The highest BCUT2D eigenvalue weighted by Crippen LogP contribution is 2.49. The van der Waals surface area contributed by atoms with Crippen LogP contribution in [0.2, 0.25) is 5.02 Å². The second kappa shape index (κ2) is 8.31. The maximum absolute atomic E-state index is 14.0. The number of rotatable bonds is 4. The predicted molar refractivity (Wildman–Crippen MR) is 109 cm³/mol. The van der Waals surface area contributed by atoms with Gasteiger partial charge in [-0.15, -0.1) is 0 Å². The fourth-order valence-electron chi connectivity index (χ4n) is 4.00. The normalized spacial score (nSPS) is 22.1. The summed E-state index contributed by atoms with van der Waals surface area (Å²) in [5.41, 5.74) is -0.725. The van der Waals surface area contributed by atoms with Crippen molar-refractivity contribution in [2.45, 2.75) is 23.4 Å². The fraction of sp³-hybridized carbons (Fsp3) is 0.381. The molecule has 0 radical (unpaired) electrons. The Hall–Kier alpha value is -2.17. The summed E-state index contributed by atoms with van der Waals surface area (Å²) < 4.78 is 80.0. The Balaban J connectivity index is 1.42. The molecule has 2 unspecified atom stereocenters. The Labute approximate surface area is 187 Å². The van der Waals surface area contributed by atoms with Gasteiger partial charge >= 0.3 is 6.18 Å². The fourth-order valence-corrected chi connectivity index (χ4v) is 5.68. The van der Waals surface area contributed by atoms with Crippen molar-refractivity contribution in [3.8, 4) is 0 Å². The maximum Gasteiger partial charge on any atom is 0.417 e. The molecule has 32 heavy (non-hydrogen) atoms. The van der Waals surface area contributed by atoms with Crippen molar-refractivity contribution in [1.29, 1.82) is 0 Å². The Morgan fingerprint density at radius 1 is 1.03 bits per heavy atom. The van der Waals surface area contributed by atoms with Crippen LogP contribution in [0.3, 0.4) is 0 Å². The monoisotopic (exact) mass is 490 g/mol. The number of carbonyl (C=O) groups is 1. The van der Waals surface area contributed by atoms with Gasteiger partial charge in [0.2, 0.25) is 15.9 Å². The summed E-state index contributed by atoms with van der Waals surface area (Å²) in [7, 11) is -4.19. The number of benzene rings is 2. The second-order valence-electron chi connectivity index (χ2n) is 7.84. The van der Waals surface area contributed by atoms with Crippen molar-refractivity contribution in [2.75, 3.05) is 26.2 Å². The molecular formula is C21H19ClF4N2O3S. The van der Waals surface area contributed by atoms with Gasteiger partial charge < -0.3 is 4.90 Å².